The van der Waals surface area contributed by atoms with Gasteiger partial charge in [0.05, 0.1) is 0 Å². The lowest BCUT2D eigenvalue weighted by molar-refractivity contribution is 0.439. The van der Waals surface area contributed by atoms with Crippen LogP contribution in [0.5, 0.6) is 0 Å². The molecule has 5 nitrogen and oxygen atoms in total. The molecule has 3 rings (SSSR count). The largest absolute Gasteiger partial charge is 0.339 e. The Balaban J connectivity index is 1.62. The Bertz CT molecular complexity index is 374. The summed E-state index contributed by atoms with van der Waals surface area (Å²) < 4.78 is 0. The average molecular weight is 249 g/mol. The van der Waals surface area contributed by atoms with Gasteiger partial charge in [-0.25, -0.2) is 0 Å². The van der Waals surface area contributed by atoms with E-state index < -0.39 is 0 Å². The number of nitrogens with zero attached hydrogens (tertiary/aromatic N) is 3. The highest BCUT2D eigenvalue weighted by atomic mass is 15.4. The maximum absolute atomic E-state index is 4.71. The van der Waals surface area contributed by atoms with E-state index in [4.69, 9.17) is 4.98 Å². The molecular formula is C13H23N5. The van der Waals surface area contributed by atoms with Crippen LogP contribution in [0.15, 0.2) is 0 Å². The van der Waals surface area contributed by atoms with E-state index in [1.807, 2.05) is 7.05 Å². The molecule has 0 bridgehead atoms. The summed E-state index contributed by atoms with van der Waals surface area (Å²) in [5.41, 5.74) is 0. The number of rotatable bonds is 3. The average Bonchev–Trinajstić information content (AvgIpc) is 3.09. The zero-order valence-corrected chi connectivity index (χ0v) is 11.2. The first kappa shape index (κ1) is 12.0. The zero-order chi connectivity index (χ0) is 12.4. The van der Waals surface area contributed by atoms with Crippen molar-refractivity contribution < 1.29 is 0 Å². The van der Waals surface area contributed by atoms with Gasteiger partial charge in [0, 0.05) is 25.0 Å². The number of hydrogen-bond donors (Lipinski definition) is 2. The van der Waals surface area contributed by atoms with Crippen molar-refractivity contribution in [1.29, 1.82) is 0 Å². The Labute approximate surface area is 108 Å². The maximum atomic E-state index is 4.71. The molecule has 2 aliphatic rings. The van der Waals surface area contributed by atoms with E-state index in [0.29, 0.717) is 12.0 Å². The minimum atomic E-state index is 0.626. The van der Waals surface area contributed by atoms with E-state index in [1.54, 1.807) is 0 Å². The summed E-state index contributed by atoms with van der Waals surface area (Å²) in [5, 5.41) is 10.9. The summed E-state index contributed by atoms with van der Waals surface area (Å²) >= 11 is 0. The molecule has 2 heterocycles. The van der Waals surface area contributed by atoms with E-state index in [9.17, 15) is 0 Å². The van der Waals surface area contributed by atoms with Crippen molar-refractivity contribution in [3.63, 3.8) is 0 Å². The van der Waals surface area contributed by atoms with Crippen LogP contribution in [-0.2, 0) is 0 Å². The number of H-pyrrole nitrogens is 1. The summed E-state index contributed by atoms with van der Waals surface area (Å²) in [6.07, 6.45) is 7.60. The minimum absolute atomic E-state index is 0.626. The van der Waals surface area contributed by atoms with Gasteiger partial charge in [-0.2, -0.15) is 4.98 Å². The Morgan fingerprint density at radius 2 is 1.89 bits per heavy atom. The molecule has 0 atom stereocenters. The van der Waals surface area contributed by atoms with Crippen LogP contribution in [0.2, 0.25) is 0 Å². The van der Waals surface area contributed by atoms with E-state index in [1.165, 1.54) is 38.5 Å². The number of hydrogen-bond acceptors (Lipinski definition) is 4. The number of aromatic nitrogens is 3. The third-order valence-corrected chi connectivity index (χ3v) is 4.42. The van der Waals surface area contributed by atoms with Gasteiger partial charge in [-0.1, -0.05) is 12.8 Å². The van der Waals surface area contributed by atoms with Crippen LogP contribution in [0, 0.1) is 0 Å². The predicted octanol–water partition coefficient (Wildman–Crippen LogP) is 1.65. The summed E-state index contributed by atoms with van der Waals surface area (Å²) in [6, 6.07) is 0.662. The molecule has 0 radical (unpaired) electrons. The predicted molar refractivity (Wildman–Crippen MR) is 71.9 cm³/mol. The van der Waals surface area contributed by atoms with Crippen LogP contribution in [0.3, 0.4) is 0 Å². The van der Waals surface area contributed by atoms with Crippen LogP contribution >= 0.6 is 0 Å². The Hall–Kier alpha value is -1.10. The molecule has 0 amide bonds. The van der Waals surface area contributed by atoms with Crippen LogP contribution in [0.25, 0.3) is 0 Å². The second kappa shape index (κ2) is 5.26. The molecule has 0 spiro atoms. The van der Waals surface area contributed by atoms with Crippen molar-refractivity contribution in [3.8, 4) is 0 Å². The van der Waals surface area contributed by atoms with Gasteiger partial charge in [0.25, 0.3) is 0 Å². The molecule has 18 heavy (non-hydrogen) atoms. The normalized spacial score (nSPS) is 22.8. The van der Waals surface area contributed by atoms with Crippen LogP contribution < -0.4 is 10.2 Å². The van der Waals surface area contributed by atoms with Crippen molar-refractivity contribution in [3.05, 3.63) is 5.82 Å². The first-order chi connectivity index (χ1) is 8.86. The Morgan fingerprint density at radius 1 is 1.17 bits per heavy atom. The number of aromatic amines is 1. The number of nitrogens with one attached hydrogen (secondary N) is 2. The Morgan fingerprint density at radius 3 is 2.56 bits per heavy atom. The first-order valence-electron chi connectivity index (χ1n) is 7.21. The molecule has 1 aromatic heterocycles. The van der Waals surface area contributed by atoms with Gasteiger partial charge < -0.3 is 10.2 Å². The van der Waals surface area contributed by atoms with Crippen molar-refractivity contribution >= 4 is 5.95 Å². The highest BCUT2D eigenvalue weighted by Crippen LogP contribution is 2.32. The van der Waals surface area contributed by atoms with Gasteiger partial charge in [0.15, 0.2) is 0 Å². The molecule has 0 aromatic carbocycles. The molecule has 1 saturated heterocycles. The molecule has 100 valence electrons. The standard InChI is InChI=1S/C13H23N5/c1-14-11-6-8-18(9-7-11)13-15-12(16-17-13)10-4-2-3-5-10/h10-11,14H,2-9H2,1H3,(H,15,16,17). The fourth-order valence-corrected chi connectivity index (χ4v) is 3.16. The molecule has 0 unspecified atom stereocenters. The van der Waals surface area contributed by atoms with Crippen molar-refractivity contribution in [2.24, 2.45) is 0 Å². The van der Waals surface area contributed by atoms with Crippen molar-refractivity contribution in [2.75, 3.05) is 25.0 Å². The second-order valence-electron chi connectivity index (χ2n) is 5.55. The van der Waals surface area contributed by atoms with Gasteiger partial charge in [0.2, 0.25) is 5.95 Å². The smallest absolute Gasteiger partial charge is 0.244 e. The molecule has 1 aliphatic carbocycles. The van der Waals surface area contributed by atoms with Gasteiger partial charge in [-0.05, 0) is 32.7 Å². The van der Waals surface area contributed by atoms with Crippen LogP contribution in [-0.4, -0.2) is 41.4 Å². The molecule has 2 N–H and O–H groups in total. The third-order valence-electron chi connectivity index (χ3n) is 4.42. The summed E-state index contributed by atoms with van der Waals surface area (Å²) in [6.45, 7) is 2.13. The van der Waals surface area contributed by atoms with Crippen LogP contribution in [0.1, 0.15) is 50.3 Å². The third kappa shape index (κ3) is 2.36. The lowest BCUT2D eigenvalue weighted by Gasteiger charge is -2.30. The van der Waals surface area contributed by atoms with Gasteiger partial charge >= 0.3 is 0 Å². The maximum Gasteiger partial charge on any atom is 0.244 e. The SMILES string of the molecule is CNC1CCN(c2n[nH]c(C3CCCC3)n2)CC1. The van der Waals surface area contributed by atoms with Gasteiger partial charge in [0.1, 0.15) is 5.82 Å². The van der Waals surface area contributed by atoms with E-state index >= 15 is 0 Å². The lowest BCUT2D eigenvalue weighted by Crippen LogP contribution is -2.41. The lowest BCUT2D eigenvalue weighted by atomic mass is 10.1. The zero-order valence-electron chi connectivity index (χ0n) is 11.2. The molecule has 1 saturated carbocycles. The molecule has 1 aromatic rings. The van der Waals surface area contributed by atoms with E-state index in [2.05, 4.69) is 20.4 Å². The summed E-state index contributed by atoms with van der Waals surface area (Å²) in [5.74, 6) is 2.64. The monoisotopic (exact) mass is 249 g/mol. The fourth-order valence-electron chi connectivity index (χ4n) is 3.16. The number of anilines is 1. The van der Waals surface area contributed by atoms with Crippen molar-refractivity contribution in [2.45, 2.75) is 50.5 Å². The summed E-state index contributed by atoms with van der Waals surface area (Å²) in [7, 11) is 2.05. The van der Waals surface area contributed by atoms with Crippen LogP contribution in [0.4, 0.5) is 5.95 Å². The Kier molecular flexibility index (Phi) is 3.50. The molecule has 5 heteroatoms. The van der Waals surface area contributed by atoms with E-state index in [-0.39, 0.29) is 0 Å². The van der Waals surface area contributed by atoms with Gasteiger partial charge in [-0.3, -0.25) is 5.10 Å². The number of piperidine rings is 1. The summed E-state index contributed by atoms with van der Waals surface area (Å²) in [4.78, 5) is 7.01. The topological polar surface area (TPSA) is 56.8 Å². The second-order valence-corrected chi connectivity index (χ2v) is 5.55. The first-order valence-corrected chi connectivity index (χ1v) is 7.21. The molecule has 1 aliphatic heterocycles. The molecule has 2 fully saturated rings. The quantitative estimate of drug-likeness (QED) is 0.855. The highest BCUT2D eigenvalue weighted by Gasteiger charge is 2.24. The van der Waals surface area contributed by atoms with E-state index in [0.717, 1.165) is 24.9 Å². The highest BCUT2D eigenvalue weighted by molar-refractivity contribution is 5.30. The molecular weight excluding hydrogens is 226 g/mol. The van der Waals surface area contributed by atoms with Crippen molar-refractivity contribution in [1.82, 2.24) is 20.5 Å². The fraction of sp³-hybridized carbons (Fsp3) is 0.846. The minimum Gasteiger partial charge on any atom is -0.339 e. The van der Waals surface area contributed by atoms with Gasteiger partial charge in [-0.15, -0.1) is 5.10 Å².